The molecule has 0 aliphatic rings. The smallest absolute Gasteiger partial charge is 0.203 e. The van der Waals surface area contributed by atoms with Gasteiger partial charge in [-0.3, -0.25) is 0 Å². The summed E-state index contributed by atoms with van der Waals surface area (Å²) in [5.74, 6) is 2.26. The van der Waals surface area contributed by atoms with Crippen LogP contribution < -0.4 is 24.7 Å². The SMILES string of the molecule is COc1ccc(/C=C\c2cc(OC)c(OC)c(OC)c2)cc1O.NC(CO)(CO)CO. The molecule has 0 aliphatic heterocycles. The number of phenols is 1. The molecule has 0 amide bonds. The summed E-state index contributed by atoms with van der Waals surface area (Å²) >= 11 is 0. The van der Waals surface area contributed by atoms with Crippen molar-refractivity contribution >= 4 is 12.2 Å². The van der Waals surface area contributed by atoms with Crippen LogP contribution in [-0.4, -0.2) is 74.2 Å². The van der Waals surface area contributed by atoms with Gasteiger partial charge in [-0.15, -0.1) is 0 Å². The molecule has 2 rings (SSSR count). The molecule has 0 atom stereocenters. The number of rotatable bonds is 9. The van der Waals surface area contributed by atoms with E-state index in [1.807, 2.05) is 30.4 Å². The van der Waals surface area contributed by atoms with Gasteiger partial charge >= 0.3 is 0 Å². The molecule has 0 heterocycles. The number of methoxy groups -OCH3 is 4. The lowest BCUT2D eigenvalue weighted by molar-refractivity contribution is 0.0697. The highest BCUT2D eigenvalue weighted by molar-refractivity contribution is 5.73. The summed E-state index contributed by atoms with van der Waals surface area (Å²) in [6.45, 7) is -1.21. The molecule has 0 saturated carbocycles. The number of aromatic hydroxyl groups is 1. The summed E-state index contributed by atoms with van der Waals surface area (Å²) in [6, 6.07) is 8.90. The number of phenolic OH excluding ortho intramolecular Hbond substituents is 1. The van der Waals surface area contributed by atoms with E-state index in [-0.39, 0.29) is 5.75 Å². The Morgan fingerprint density at radius 2 is 1.23 bits per heavy atom. The average Bonchev–Trinajstić information content (AvgIpc) is 2.81. The van der Waals surface area contributed by atoms with E-state index in [2.05, 4.69) is 0 Å². The van der Waals surface area contributed by atoms with Gasteiger partial charge < -0.3 is 45.1 Å². The van der Waals surface area contributed by atoms with Gasteiger partial charge in [0.2, 0.25) is 5.75 Å². The summed E-state index contributed by atoms with van der Waals surface area (Å²) in [7, 11) is 6.23. The third-order valence-corrected chi connectivity index (χ3v) is 4.30. The second kappa shape index (κ2) is 12.7. The Morgan fingerprint density at radius 1 is 0.742 bits per heavy atom. The highest BCUT2D eigenvalue weighted by Crippen LogP contribution is 2.38. The zero-order chi connectivity index (χ0) is 23.4. The van der Waals surface area contributed by atoms with Gasteiger partial charge in [0.25, 0.3) is 0 Å². The maximum absolute atomic E-state index is 9.81. The first-order valence-electron chi connectivity index (χ1n) is 9.27. The molecule has 0 fully saturated rings. The van der Waals surface area contributed by atoms with E-state index in [1.165, 1.54) is 7.11 Å². The van der Waals surface area contributed by atoms with E-state index in [4.69, 9.17) is 40.0 Å². The van der Waals surface area contributed by atoms with Gasteiger partial charge in [-0.25, -0.2) is 0 Å². The zero-order valence-electron chi connectivity index (χ0n) is 18.2. The Kier molecular flexibility index (Phi) is 10.6. The van der Waals surface area contributed by atoms with Gasteiger partial charge in [-0.2, -0.15) is 0 Å². The lowest BCUT2D eigenvalue weighted by atomic mass is 10.1. The highest BCUT2D eigenvalue weighted by atomic mass is 16.5. The van der Waals surface area contributed by atoms with E-state index in [0.717, 1.165) is 11.1 Å². The van der Waals surface area contributed by atoms with Crippen molar-refractivity contribution in [3.8, 4) is 28.7 Å². The molecule has 0 aliphatic carbocycles. The summed E-state index contributed by atoms with van der Waals surface area (Å²) < 4.78 is 21.0. The van der Waals surface area contributed by atoms with Crippen LogP contribution >= 0.6 is 0 Å². The number of benzene rings is 2. The largest absolute Gasteiger partial charge is 0.504 e. The van der Waals surface area contributed by atoms with Crippen molar-refractivity contribution in [2.24, 2.45) is 5.73 Å². The third kappa shape index (κ3) is 7.34. The van der Waals surface area contributed by atoms with Crippen LogP contribution in [0.3, 0.4) is 0 Å². The quantitative estimate of drug-likeness (QED) is 0.366. The van der Waals surface area contributed by atoms with Crippen molar-refractivity contribution < 1.29 is 39.4 Å². The van der Waals surface area contributed by atoms with Gasteiger partial charge in [0.05, 0.1) is 53.8 Å². The Balaban J connectivity index is 0.000000512. The van der Waals surface area contributed by atoms with Gasteiger partial charge in [0.1, 0.15) is 0 Å². The van der Waals surface area contributed by atoms with E-state index >= 15 is 0 Å². The van der Waals surface area contributed by atoms with Gasteiger partial charge in [0.15, 0.2) is 23.0 Å². The minimum absolute atomic E-state index is 0.0968. The molecular formula is C22H31NO8. The molecule has 172 valence electrons. The Morgan fingerprint density at radius 3 is 1.58 bits per heavy atom. The van der Waals surface area contributed by atoms with Crippen molar-refractivity contribution in [1.29, 1.82) is 0 Å². The van der Waals surface area contributed by atoms with Crippen molar-refractivity contribution in [2.45, 2.75) is 5.54 Å². The molecule has 2 aromatic carbocycles. The van der Waals surface area contributed by atoms with Gasteiger partial charge in [-0.1, -0.05) is 18.2 Å². The Bertz CT molecular complexity index is 816. The third-order valence-electron chi connectivity index (χ3n) is 4.30. The van der Waals surface area contributed by atoms with Crippen LogP contribution in [0.1, 0.15) is 11.1 Å². The predicted octanol–water partition coefficient (Wildman–Crippen LogP) is 1.26. The van der Waals surface area contributed by atoms with Gasteiger partial charge in [-0.05, 0) is 35.4 Å². The normalized spacial score (nSPS) is 11.0. The molecule has 2 aromatic rings. The van der Waals surface area contributed by atoms with Crippen LogP contribution in [0.2, 0.25) is 0 Å². The summed E-state index contributed by atoms with van der Waals surface area (Å²) in [4.78, 5) is 0. The first-order valence-corrected chi connectivity index (χ1v) is 9.27. The van der Waals surface area contributed by atoms with E-state index in [0.29, 0.717) is 23.0 Å². The molecule has 6 N–H and O–H groups in total. The lowest BCUT2D eigenvalue weighted by Gasteiger charge is -2.20. The molecule has 0 bridgehead atoms. The Labute approximate surface area is 181 Å². The summed E-state index contributed by atoms with van der Waals surface area (Å²) in [5.41, 5.74) is 5.67. The standard InChI is InChI=1S/C18H20O5.C4H11NO3/c1-20-15-8-7-12(9-14(15)19)5-6-13-10-16(21-2)18(23-4)17(11-13)22-3;5-4(1-6,2-7)3-8/h5-11,19H,1-4H3;6-8H,1-3,5H2/b6-5-;. The molecule has 9 heteroatoms. The maximum atomic E-state index is 9.81. The zero-order valence-corrected chi connectivity index (χ0v) is 18.2. The topological polar surface area (TPSA) is 144 Å². The maximum Gasteiger partial charge on any atom is 0.203 e. The van der Waals surface area contributed by atoms with Crippen LogP contribution in [0.4, 0.5) is 0 Å². The van der Waals surface area contributed by atoms with Crippen LogP contribution in [0.5, 0.6) is 28.7 Å². The fraction of sp³-hybridized carbons (Fsp3) is 0.364. The molecule has 0 radical (unpaired) electrons. The van der Waals surface area contributed by atoms with Crippen molar-refractivity contribution in [3.05, 3.63) is 41.5 Å². The number of nitrogens with two attached hydrogens (primary N) is 1. The van der Waals surface area contributed by atoms with Crippen LogP contribution in [0.15, 0.2) is 30.3 Å². The second-order valence-corrected chi connectivity index (χ2v) is 6.56. The van der Waals surface area contributed by atoms with Crippen LogP contribution in [0, 0.1) is 0 Å². The van der Waals surface area contributed by atoms with Gasteiger partial charge in [0, 0.05) is 0 Å². The van der Waals surface area contributed by atoms with E-state index in [1.54, 1.807) is 33.5 Å². The van der Waals surface area contributed by atoms with Crippen LogP contribution in [0.25, 0.3) is 12.2 Å². The average molecular weight is 437 g/mol. The number of ether oxygens (including phenoxy) is 4. The number of aliphatic hydroxyl groups is 3. The van der Waals surface area contributed by atoms with E-state index < -0.39 is 25.4 Å². The molecule has 0 unspecified atom stereocenters. The molecule has 9 nitrogen and oxygen atoms in total. The number of hydrogen-bond donors (Lipinski definition) is 5. The van der Waals surface area contributed by atoms with Crippen molar-refractivity contribution in [1.82, 2.24) is 0 Å². The molecular weight excluding hydrogens is 406 g/mol. The monoisotopic (exact) mass is 437 g/mol. The first kappa shape index (κ1) is 26.1. The Hall–Kier alpha value is -2.98. The molecule has 31 heavy (non-hydrogen) atoms. The molecule has 0 saturated heterocycles. The van der Waals surface area contributed by atoms with Crippen molar-refractivity contribution in [2.75, 3.05) is 48.3 Å². The lowest BCUT2D eigenvalue weighted by Crippen LogP contribution is -2.50. The summed E-state index contributed by atoms with van der Waals surface area (Å²) in [6.07, 6.45) is 3.77. The minimum atomic E-state index is -1.21. The van der Waals surface area contributed by atoms with Crippen LogP contribution in [-0.2, 0) is 0 Å². The number of aliphatic hydroxyl groups excluding tert-OH is 3. The van der Waals surface area contributed by atoms with E-state index in [9.17, 15) is 5.11 Å². The summed E-state index contributed by atoms with van der Waals surface area (Å²) in [5, 5.41) is 34.8. The molecule has 0 aromatic heterocycles. The minimum Gasteiger partial charge on any atom is -0.504 e. The fourth-order valence-corrected chi connectivity index (χ4v) is 2.35. The predicted molar refractivity (Wildman–Crippen MR) is 118 cm³/mol. The first-order chi connectivity index (χ1) is 14.8. The second-order valence-electron chi connectivity index (χ2n) is 6.56. The highest BCUT2D eigenvalue weighted by Gasteiger charge is 2.20. The molecule has 0 spiro atoms. The fourth-order valence-electron chi connectivity index (χ4n) is 2.35. The number of hydrogen-bond acceptors (Lipinski definition) is 9. The van der Waals surface area contributed by atoms with Crippen molar-refractivity contribution in [3.63, 3.8) is 0 Å².